The van der Waals surface area contributed by atoms with Crippen LogP contribution in [0.1, 0.15) is 5.56 Å². The maximum Gasteiger partial charge on any atom is 0.419 e. The molecule has 0 bridgehead atoms. The lowest BCUT2D eigenvalue weighted by atomic mass is 10.1. The SMILES string of the molecule is N#CC(C#N)=C(C#N)Nc1ccc(Cl)c(C(F)(F)F)c1Cl. The van der Waals surface area contributed by atoms with Gasteiger partial charge in [-0.2, -0.15) is 29.0 Å². The van der Waals surface area contributed by atoms with Gasteiger partial charge in [0.2, 0.25) is 0 Å². The van der Waals surface area contributed by atoms with Gasteiger partial charge in [0, 0.05) is 0 Å². The highest BCUT2D eigenvalue weighted by Gasteiger charge is 2.37. The minimum Gasteiger partial charge on any atom is -0.344 e. The highest BCUT2D eigenvalue weighted by atomic mass is 35.5. The van der Waals surface area contributed by atoms with E-state index in [1.54, 1.807) is 0 Å². The van der Waals surface area contributed by atoms with Gasteiger partial charge in [-0.3, -0.25) is 0 Å². The summed E-state index contributed by atoms with van der Waals surface area (Å²) in [6.07, 6.45) is -4.80. The van der Waals surface area contributed by atoms with Crippen molar-refractivity contribution in [2.24, 2.45) is 0 Å². The summed E-state index contributed by atoms with van der Waals surface area (Å²) in [6, 6.07) is 6.42. The first-order valence-corrected chi connectivity index (χ1v) is 5.78. The summed E-state index contributed by atoms with van der Waals surface area (Å²) in [7, 11) is 0. The third-order valence-corrected chi connectivity index (χ3v) is 2.93. The zero-order chi connectivity index (χ0) is 16.2. The van der Waals surface area contributed by atoms with Crippen molar-refractivity contribution in [3.63, 3.8) is 0 Å². The molecule has 0 atom stereocenters. The topological polar surface area (TPSA) is 83.4 Å². The van der Waals surface area contributed by atoms with Gasteiger partial charge in [0.25, 0.3) is 0 Å². The van der Waals surface area contributed by atoms with Crippen LogP contribution in [-0.2, 0) is 6.18 Å². The van der Waals surface area contributed by atoms with E-state index in [9.17, 15) is 13.2 Å². The number of allylic oxidation sites excluding steroid dienone is 2. The predicted molar refractivity (Wildman–Crippen MR) is 69.0 cm³/mol. The van der Waals surface area contributed by atoms with Crippen LogP contribution in [-0.4, -0.2) is 0 Å². The molecule has 0 aliphatic heterocycles. The number of halogens is 5. The fraction of sp³-hybridized carbons (Fsp3) is 0.0833. The monoisotopic (exact) mass is 330 g/mol. The molecule has 4 nitrogen and oxygen atoms in total. The highest BCUT2D eigenvalue weighted by Crippen LogP contribution is 2.43. The van der Waals surface area contributed by atoms with E-state index in [0.717, 1.165) is 12.1 Å². The Hall–Kier alpha value is -2.40. The number of anilines is 1. The van der Waals surface area contributed by atoms with Gasteiger partial charge in [0.1, 0.15) is 23.9 Å². The van der Waals surface area contributed by atoms with Crippen LogP contribution in [0, 0.1) is 34.0 Å². The Morgan fingerprint density at radius 3 is 2.05 bits per heavy atom. The number of alkyl halides is 3. The van der Waals surface area contributed by atoms with Crippen molar-refractivity contribution >= 4 is 28.9 Å². The fourth-order valence-corrected chi connectivity index (χ4v) is 1.96. The van der Waals surface area contributed by atoms with Gasteiger partial charge in [-0.15, -0.1) is 0 Å². The largest absolute Gasteiger partial charge is 0.419 e. The number of hydrogen-bond donors (Lipinski definition) is 1. The lowest BCUT2D eigenvalue weighted by Crippen LogP contribution is -2.09. The molecule has 1 N–H and O–H groups in total. The van der Waals surface area contributed by atoms with Crippen molar-refractivity contribution in [3.05, 3.63) is 39.0 Å². The van der Waals surface area contributed by atoms with Crippen LogP contribution in [0.5, 0.6) is 0 Å². The number of benzene rings is 1. The first-order chi connectivity index (χ1) is 9.76. The molecule has 0 unspecified atom stereocenters. The van der Waals surface area contributed by atoms with Crippen molar-refractivity contribution in [2.75, 3.05) is 5.32 Å². The molecule has 1 rings (SSSR count). The Morgan fingerprint density at radius 1 is 1.05 bits per heavy atom. The highest BCUT2D eigenvalue weighted by molar-refractivity contribution is 6.38. The van der Waals surface area contributed by atoms with Crippen molar-refractivity contribution in [1.82, 2.24) is 0 Å². The second-order valence-corrected chi connectivity index (χ2v) is 4.28. The maximum absolute atomic E-state index is 12.8. The molecule has 9 heteroatoms. The molecule has 0 spiro atoms. The number of nitrogens with one attached hydrogen (secondary N) is 1. The van der Waals surface area contributed by atoms with Gasteiger partial charge in [0.15, 0.2) is 5.57 Å². The number of rotatable bonds is 2. The smallest absolute Gasteiger partial charge is 0.344 e. The molecule has 0 radical (unpaired) electrons. The molecular weight excluding hydrogens is 328 g/mol. The molecule has 1 aromatic carbocycles. The van der Waals surface area contributed by atoms with Crippen molar-refractivity contribution < 1.29 is 13.2 Å². The Morgan fingerprint density at radius 2 is 1.62 bits per heavy atom. The van der Waals surface area contributed by atoms with Gasteiger partial charge in [0.05, 0.1) is 21.3 Å². The number of nitrogens with zero attached hydrogens (tertiary/aromatic N) is 3. The Kier molecular flexibility index (Phi) is 5.05. The molecule has 0 aliphatic rings. The van der Waals surface area contributed by atoms with E-state index in [-0.39, 0.29) is 5.69 Å². The zero-order valence-corrected chi connectivity index (χ0v) is 11.4. The first kappa shape index (κ1) is 16.7. The van der Waals surface area contributed by atoms with Crippen molar-refractivity contribution in [1.29, 1.82) is 15.8 Å². The van der Waals surface area contributed by atoms with Crippen molar-refractivity contribution in [3.8, 4) is 18.2 Å². The summed E-state index contributed by atoms with van der Waals surface area (Å²) in [4.78, 5) is 0. The summed E-state index contributed by atoms with van der Waals surface area (Å²) in [5.41, 5.74) is -2.68. The van der Waals surface area contributed by atoms with E-state index in [0.29, 0.717) is 0 Å². The molecular formula is C12H3Cl2F3N4. The molecule has 0 saturated carbocycles. The minimum atomic E-state index is -4.80. The lowest BCUT2D eigenvalue weighted by Gasteiger charge is -2.15. The van der Waals surface area contributed by atoms with E-state index in [4.69, 9.17) is 39.0 Å². The van der Waals surface area contributed by atoms with Crippen LogP contribution in [0.4, 0.5) is 18.9 Å². The second-order valence-electron chi connectivity index (χ2n) is 3.49. The van der Waals surface area contributed by atoms with E-state index < -0.39 is 33.1 Å². The molecule has 0 aromatic heterocycles. The van der Waals surface area contributed by atoms with Crippen LogP contribution < -0.4 is 5.32 Å². The molecule has 0 amide bonds. The summed E-state index contributed by atoms with van der Waals surface area (Å²) in [6.45, 7) is 0. The molecule has 0 fully saturated rings. The van der Waals surface area contributed by atoms with E-state index >= 15 is 0 Å². The fourth-order valence-electron chi connectivity index (χ4n) is 1.33. The van der Waals surface area contributed by atoms with Crippen molar-refractivity contribution in [2.45, 2.75) is 6.18 Å². The van der Waals surface area contributed by atoms with Crippen LogP contribution in [0.25, 0.3) is 0 Å². The van der Waals surface area contributed by atoms with Gasteiger partial charge in [-0.25, -0.2) is 0 Å². The zero-order valence-electron chi connectivity index (χ0n) is 9.89. The summed E-state index contributed by atoms with van der Waals surface area (Å²) in [5.74, 6) is 0. The van der Waals surface area contributed by atoms with E-state index in [2.05, 4.69) is 5.32 Å². The second kappa shape index (κ2) is 6.37. The standard InChI is InChI=1S/C12H3Cl2F3N4/c13-7-1-2-8(11(14)10(7)12(15,16)17)21-9(5-20)6(3-18)4-19/h1-2,21H. The summed E-state index contributed by atoms with van der Waals surface area (Å²) < 4.78 is 38.5. The van der Waals surface area contributed by atoms with E-state index in [1.165, 1.54) is 18.2 Å². The third kappa shape index (κ3) is 3.58. The molecule has 0 aliphatic carbocycles. The Balaban J connectivity index is 3.44. The van der Waals surface area contributed by atoms with Crippen LogP contribution >= 0.6 is 23.2 Å². The molecule has 106 valence electrons. The average Bonchev–Trinajstić information content (AvgIpc) is 2.39. The molecule has 0 heterocycles. The first-order valence-electron chi connectivity index (χ1n) is 5.03. The van der Waals surface area contributed by atoms with E-state index in [1.807, 2.05) is 0 Å². The minimum absolute atomic E-state index is 0.298. The van der Waals surface area contributed by atoms with Gasteiger partial charge in [-0.05, 0) is 12.1 Å². The van der Waals surface area contributed by atoms with Crippen LogP contribution in [0.2, 0.25) is 10.0 Å². The van der Waals surface area contributed by atoms with Gasteiger partial charge >= 0.3 is 6.18 Å². The molecule has 0 saturated heterocycles. The molecule has 1 aromatic rings. The Bertz CT molecular complexity index is 717. The predicted octanol–water partition coefficient (Wildman–Crippen LogP) is 4.25. The molecule has 21 heavy (non-hydrogen) atoms. The quantitative estimate of drug-likeness (QED) is 0.821. The average molecular weight is 331 g/mol. The lowest BCUT2D eigenvalue weighted by molar-refractivity contribution is -0.137. The Labute approximate surface area is 127 Å². The number of nitriles is 3. The van der Waals surface area contributed by atoms with Crippen LogP contribution in [0.3, 0.4) is 0 Å². The third-order valence-electron chi connectivity index (χ3n) is 2.22. The van der Waals surface area contributed by atoms with Gasteiger partial charge < -0.3 is 5.32 Å². The normalized spacial score (nSPS) is 10.0. The van der Waals surface area contributed by atoms with Gasteiger partial charge in [-0.1, -0.05) is 23.2 Å². The summed E-state index contributed by atoms with van der Waals surface area (Å²) >= 11 is 11.1. The maximum atomic E-state index is 12.8. The number of hydrogen-bond acceptors (Lipinski definition) is 4. The summed E-state index contributed by atoms with van der Waals surface area (Å²) in [5, 5.41) is 27.0. The van der Waals surface area contributed by atoms with Crippen LogP contribution in [0.15, 0.2) is 23.4 Å².